The largest absolute Gasteiger partial charge is 0.481 e. The van der Waals surface area contributed by atoms with Gasteiger partial charge in [-0.05, 0) is 44.9 Å². The summed E-state index contributed by atoms with van der Waals surface area (Å²) in [5.41, 5.74) is 3.24. The Morgan fingerprint density at radius 1 is 1.29 bits per heavy atom. The first-order valence-corrected chi connectivity index (χ1v) is 8.28. The molecule has 0 saturated heterocycles. The standard InChI is InChI=1S/C19H22N2O3/c1-11-4-7-17-14(8-11)9-16(13(3)20-17)18(22)21(15-5-6-15)10-12(2)19(23)24/h4,7-9,12,15H,5-6,10H2,1-3H3,(H,23,24)/t12-/m0/s1. The molecule has 1 saturated carbocycles. The number of nitrogens with zero attached hydrogens (tertiary/aromatic N) is 2. The van der Waals surface area contributed by atoms with Crippen LogP contribution in [-0.2, 0) is 4.79 Å². The van der Waals surface area contributed by atoms with Gasteiger partial charge in [0.15, 0.2) is 0 Å². The van der Waals surface area contributed by atoms with Crippen LogP contribution in [0.5, 0.6) is 0 Å². The molecule has 0 unspecified atom stereocenters. The van der Waals surface area contributed by atoms with Crippen molar-refractivity contribution in [3.8, 4) is 0 Å². The monoisotopic (exact) mass is 326 g/mol. The maximum atomic E-state index is 13.0. The van der Waals surface area contributed by atoms with Gasteiger partial charge in [-0.3, -0.25) is 14.6 Å². The SMILES string of the molecule is Cc1ccc2nc(C)c(C(=O)N(C[C@H](C)C(=O)O)C3CC3)cc2c1. The molecule has 1 heterocycles. The molecule has 1 aromatic heterocycles. The molecule has 1 atom stereocenters. The summed E-state index contributed by atoms with van der Waals surface area (Å²) >= 11 is 0. The molecular formula is C19H22N2O3. The number of hydrogen-bond donors (Lipinski definition) is 1. The minimum atomic E-state index is -0.877. The number of carbonyl (C=O) groups is 2. The van der Waals surface area contributed by atoms with E-state index in [0.29, 0.717) is 11.3 Å². The van der Waals surface area contributed by atoms with Gasteiger partial charge in [0, 0.05) is 18.0 Å². The fraction of sp³-hybridized carbons (Fsp3) is 0.421. The number of hydrogen-bond acceptors (Lipinski definition) is 3. The van der Waals surface area contributed by atoms with Gasteiger partial charge in [-0.1, -0.05) is 18.6 Å². The summed E-state index contributed by atoms with van der Waals surface area (Å²) in [5, 5.41) is 10.1. The van der Waals surface area contributed by atoms with Crippen molar-refractivity contribution < 1.29 is 14.7 Å². The summed E-state index contributed by atoms with van der Waals surface area (Å²) in [6.45, 7) is 5.72. The molecule has 5 nitrogen and oxygen atoms in total. The number of pyridine rings is 1. The van der Waals surface area contributed by atoms with E-state index in [-0.39, 0.29) is 18.5 Å². The number of fused-ring (bicyclic) bond motifs is 1. The molecule has 1 aliphatic carbocycles. The molecule has 1 aliphatic rings. The van der Waals surface area contributed by atoms with Gasteiger partial charge < -0.3 is 10.0 Å². The van der Waals surface area contributed by atoms with Crippen LogP contribution in [0.15, 0.2) is 24.3 Å². The van der Waals surface area contributed by atoms with E-state index < -0.39 is 11.9 Å². The van der Waals surface area contributed by atoms with Crippen molar-refractivity contribution in [1.82, 2.24) is 9.88 Å². The van der Waals surface area contributed by atoms with Gasteiger partial charge in [-0.25, -0.2) is 0 Å². The van der Waals surface area contributed by atoms with Gasteiger partial charge in [0.2, 0.25) is 0 Å². The Hall–Kier alpha value is -2.43. The molecule has 5 heteroatoms. The van der Waals surface area contributed by atoms with Gasteiger partial charge in [-0.15, -0.1) is 0 Å². The fourth-order valence-electron chi connectivity index (χ4n) is 2.92. The van der Waals surface area contributed by atoms with Crippen LogP contribution >= 0.6 is 0 Å². The van der Waals surface area contributed by atoms with E-state index in [2.05, 4.69) is 4.98 Å². The maximum Gasteiger partial charge on any atom is 0.308 e. The quantitative estimate of drug-likeness (QED) is 0.916. The minimum Gasteiger partial charge on any atom is -0.481 e. The van der Waals surface area contributed by atoms with Gasteiger partial charge in [0.1, 0.15) is 0 Å². The summed E-state index contributed by atoms with van der Waals surface area (Å²) in [5.74, 6) is -1.57. The van der Waals surface area contributed by atoms with E-state index in [9.17, 15) is 9.59 Å². The third-order valence-corrected chi connectivity index (χ3v) is 4.53. The van der Waals surface area contributed by atoms with Crippen molar-refractivity contribution in [3.05, 3.63) is 41.1 Å². The zero-order chi connectivity index (χ0) is 17.4. The predicted octanol–water partition coefficient (Wildman–Crippen LogP) is 3.18. The number of aryl methyl sites for hydroxylation is 2. The fourth-order valence-corrected chi connectivity index (χ4v) is 2.92. The summed E-state index contributed by atoms with van der Waals surface area (Å²) in [4.78, 5) is 30.5. The minimum absolute atomic E-state index is 0.112. The Morgan fingerprint density at radius 2 is 2.00 bits per heavy atom. The molecule has 0 aliphatic heterocycles. The lowest BCUT2D eigenvalue weighted by Crippen LogP contribution is -2.39. The summed E-state index contributed by atoms with van der Waals surface area (Å²) in [7, 11) is 0. The smallest absolute Gasteiger partial charge is 0.308 e. The Kier molecular flexibility index (Phi) is 4.26. The lowest BCUT2D eigenvalue weighted by Gasteiger charge is -2.25. The van der Waals surface area contributed by atoms with E-state index in [4.69, 9.17) is 5.11 Å². The highest BCUT2D eigenvalue weighted by Gasteiger charge is 2.35. The number of benzene rings is 1. The number of carboxylic acid groups (broad SMARTS) is 1. The van der Waals surface area contributed by atoms with Crippen molar-refractivity contribution in [2.75, 3.05) is 6.54 Å². The number of carbonyl (C=O) groups excluding carboxylic acids is 1. The first-order chi connectivity index (χ1) is 11.4. The first-order valence-electron chi connectivity index (χ1n) is 8.28. The van der Waals surface area contributed by atoms with E-state index in [1.807, 2.05) is 38.1 Å². The van der Waals surface area contributed by atoms with E-state index in [1.165, 1.54) is 0 Å². The Bertz CT molecular complexity index is 812. The second kappa shape index (κ2) is 6.23. The van der Waals surface area contributed by atoms with Crippen LogP contribution in [0.3, 0.4) is 0 Å². The lowest BCUT2D eigenvalue weighted by atomic mass is 10.1. The van der Waals surface area contributed by atoms with Gasteiger partial charge >= 0.3 is 5.97 Å². The van der Waals surface area contributed by atoms with Gasteiger partial charge in [-0.2, -0.15) is 0 Å². The highest BCUT2D eigenvalue weighted by Crippen LogP contribution is 2.30. The normalized spacial score (nSPS) is 15.3. The summed E-state index contributed by atoms with van der Waals surface area (Å²) < 4.78 is 0. The molecule has 1 fully saturated rings. The van der Waals surface area contributed by atoms with Crippen molar-refractivity contribution in [2.24, 2.45) is 5.92 Å². The Labute approximate surface area is 141 Å². The highest BCUT2D eigenvalue weighted by atomic mass is 16.4. The molecule has 24 heavy (non-hydrogen) atoms. The van der Waals surface area contributed by atoms with Gasteiger partial charge in [0.05, 0.1) is 22.7 Å². The molecule has 1 N–H and O–H groups in total. The van der Waals surface area contributed by atoms with Crippen LogP contribution in [0.25, 0.3) is 10.9 Å². The molecule has 2 aromatic rings. The van der Waals surface area contributed by atoms with Crippen LogP contribution in [0.1, 0.15) is 41.4 Å². The Morgan fingerprint density at radius 3 is 2.62 bits per heavy atom. The molecule has 1 amide bonds. The van der Waals surface area contributed by atoms with E-state index >= 15 is 0 Å². The lowest BCUT2D eigenvalue weighted by molar-refractivity contribution is -0.141. The predicted molar refractivity (Wildman–Crippen MR) is 92.1 cm³/mol. The van der Waals surface area contributed by atoms with Crippen LogP contribution in [-0.4, -0.2) is 39.5 Å². The first kappa shape index (κ1) is 16.4. The highest BCUT2D eigenvalue weighted by molar-refractivity contribution is 5.99. The number of aromatic nitrogens is 1. The molecule has 0 radical (unpaired) electrons. The van der Waals surface area contributed by atoms with Crippen LogP contribution in [0, 0.1) is 19.8 Å². The third-order valence-electron chi connectivity index (χ3n) is 4.53. The van der Waals surface area contributed by atoms with Crippen molar-refractivity contribution in [1.29, 1.82) is 0 Å². The maximum absolute atomic E-state index is 13.0. The second-order valence-corrected chi connectivity index (χ2v) is 6.75. The number of rotatable bonds is 5. The molecular weight excluding hydrogens is 304 g/mol. The van der Waals surface area contributed by atoms with Crippen molar-refractivity contribution in [2.45, 2.75) is 39.7 Å². The molecule has 3 rings (SSSR count). The topological polar surface area (TPSA) is 70.5 Å². The molecule has 126 valence electrons. The molecule has 0 bridgehead atoms. The summed E-state index contributed by atoms with van der Waals surface area (Å²) in [6, 6.07) is 8.01. The third kappa shape index (κ3) is 3.25. The molecule has 0 spiro atoms. The van der Waals surface area contributed by atoms with Crippen molar-refractivity contribution >= 4 is 22.8 Å². The van der Waals surface area contributed by atoms with Crippen LogP contribution in [0.4, 0.5) is 0 Å². The zero-order valence-electron chi connectivity index (χ0n) is 14.2. The zero-order valence-corrected chi connectivity index (χ0v) is 14.2. The van der Waals surface area contributed by atoms with Crippen LogP contribution < -0.4 is 0 Å². The van der Waals surface area contributed by atoms with Crippen molar-refractivity contribution in [3.63, 3.8) is 0 Å². The van der Waals surface area contributed by atoms with E-state index in [1.54, 1.807) is 11.8 Å². The van der Waals surface area contributed by atoms with E-state index in [0.717, 1.165) is 29.3 Å². The molecule has 1 aromatic carbocycles. The second-order valence-electron chi connectivity index (χ2n) is 6.75. The Balaban J connectivity index is 1.96. The number of carboxylic acids is 1. The van der Waals surface area contributed by atoms with Gasteiger partial charge in [0.25, 0.3) is 5.91 Å². The van der Waals surface area contributed by atoms with Crippen LogP contribution in [0.2, 0.25) is 0 Å². The number of amides is 1. The average Bonchev–Trinajstić information content (AvgIpc) is 3.36. The average molecular weight is 326 g/mol. The summed E-state index contributed by atoms with van der Waals surface area (Å²) in [6.07, 6.45) is 1.88. The number of aliphatic carboxylic acids is 1.